The van der Waals surface area contributed by atoms with E-state index in [1.807, 2.05) is 34.2 Å². The molecule has 21 heavy (non-hydrogen) atoms. The first kappa shape index (κ1) is 16.6. The number of likely N-dealkylation sites (tertiary alicyclic amines) is 1. The highest BCUT2D eigenvalue weighted by atomic mass is 32.2. The second kappa shape index (κ2) is 8.59. The summed E-state index contributed by atoms with van der Waals surface area (Å²) in [6, 6.07) is 3.71. The molecule has 5 heteroatoms. The van der Waals surface area contributed by atoms with Gasteiger partial charge in [-0.2, -0.15) is 11.8 Å². The van der Waals surface area contributed by atoms with E-state index in [0.717, 1.165) is 30.1 Å². The van der Waals surface area contributed by atoms with Crippen LogP contribution in [-0.4, -0.2) is 40.7 Å². The molecule has 116 valence electrons. The van der Waals surface area contributed by atoms with Crippen molar-refractivity contribution in [3.05, 3.63) is 22.4 Å². The second-order valence-corrected chi connectivity index (χ2v) is 7.84. The van der Waals surface area contributed by atoms with Crippen LogP contribution in [0.3, 0.4) is 0 Å². The van der Waals surface area contributed by atoms with Crippen LogP contribution in [0.4, 0.5) is 0 Å². The smallest absolute Gasteiger partial charge is 0.223 e. The Hall–Kier alpha value is -0.810. The Morgan fingerprint density at radius 2 is 2.24 bits per heavy atom. The molecular weight excluding hydrogens is 302 g/mol. The van der Waals surface area contributed by atoms with E-state index in [1.54, 1.807) is 0 Å². The van der Waals surface area contributed by atoms with Crippen molar-refractivity contribution in [1.82, 2.24) is 4.90 Å². The van der Waals surface area contributed by atoms with E-state index in [2.05, 4.69) is 6.92 Å². The normalized spacial score (nSPS) is 19.3. The fourth-order valence-electron chi connectivity index (χ4n) is 2.64. The number of hydrogen-bond donors (Lipinski definition) is 0. The molecule has 0 bridgehead atoms. The SMILES string of the molecule is CCSC1CCCCN(C(=O)CCC(=O)c2cccs2)C1. The Bertz CT molecular complexity index is 459. The van der Waals surface area contributed by atoms with E-state index < -0.39 is 0 Å². The Balaban J connectivity index is 1.82. The zero-order valence-electron chi connectivity index (χ0n) is 12.5. The van der Waals surface area contributed by atoms with Gasteiger partial charge >= 0.3 is 0 Å². The van der Waals surface area contributed by atoms with Crippen molar-refractivity contribution in [1.29, 1.82) is 0 Å². The maximum Gasteiger partial charge on any atom is 0.223 e. The van der Waals surface area contributed by atoms with Gasteiger partial charge in [-0.15, -0.1) is 11.3 Å². The molecule has 2 rings (SSSR count). The summed E-state index contributed by atoms with van der Waals surface area (Å²) in [4.78, 5) is 27.0. The maximum atomic E-state index is 12.3. The topological polar surface area (TPSA) is 37.4 Å². The fourth-order valence-corrected chi connectivity index (χ4v) is 4.42. The number of carbonyl (C=O) groups excluding carboxylic acids is 2. The first-order valence-electron chi connectivity index (χ1n) is 7.66. The van der Waals surface area contributed by atoms with Gasteiger partial charge in [0.2, 0.25) is 5.91 Å². The lowest BCUT2D eigenvalue weighted by Gasteiger charge is -2.24. The Labute approximate surface area is 135 Å². The number of ketones is 1. The molecule has 2 heterocycles. The minimum Gasteiger partial charge on any atom is -0.342 e. The molecule has 1 unspecified atom stereocenters. The van der Waals surface area contributed by atoms with Crippen molar-refractivity contribution in [3.63, 3.8) is 0 Å². The lowest BCUT2D eigenvalue weighted by Crippen LogP contribution is -2.35. The zero-order chi connectivity index (χ0) is 15.1. The van der Waals surface area contributed by atoms with E-state index in [0.29, 0.717) is 18.1 Å². The van der Waals surface area contributed by atoms with Gasteiger partial charge in [-0.1, -0.05) is 19.4 Å². The van der Waals surface area contributed by atoms with Gasteiger partial charge in [0.1, 0.15) is 0 Å². The van der Waals surface area contributed by atoms with Gasteiger partial charge in [-0.3, -0.25) is 9.59 Å². The minimum absolute atomic E-state index is 0.0904. The molecule has 1 fully saturated rings. The number of nitrogens with zero attached hydrogens (tertiary/aromatic N) is 1. The first-order valence-corrected chi connectivity index (χ1v) is 9.59. The predicted octanol–water partition coefficient (Wildman–Crippen LogP) is 3.85. The molecule has 1 aromatic rings. The lowest BCUT2D eigenvalue weighted by molar-refractivity contribution is -0.131. The molecule has 1 aromatic heterocycles. The summed E-state index contributed by atoms with van der Waals surface area (Å²) in [6.45, 7) is 3.87. The molecule has 0 N–H and O–H groups in total. The third-order valence-electron chi connectivity index (χ3n) is 3.75. The number of hydrogen-bond acceptors (Lipinski definition) is 4. The van der Waals surface area contributed by atoms with E-state index >= 15 is 0 Å². The zero-order valence-corrected chi connectivity index (χ0v) is 14.2. The van der Waals surface area contributed by atoms with Gasteiger partial charge in [0.05, 0.1) is 4.88 Å². The Kier molecular flexibility index (Phi) is 6.77. The number of thiophene rings is 1. The summed E-state index contributed by atoms with van der Waals surface area (Å²) >= 11 is 3.40. The number of carbonyl (C=O) groups is 2. The second-order valence-electron chi connectivity index (χ2n) is 5.31. The molecule has 0 radical (unpaired) electrons. The van der Waals surface area contributed by atoms with Gasteiger partial charge in [-0.25, -0.2) is 0 Å². The summed E-state index contributed by atoms with van der Waals surface area (Å²) in [7, 11) is 0. The number of rotatable bonds is 6. The highest BCUT2D eigenvalue weighted by Gasteiger charge is 2.22. The van der Waals surface area contributed by atoms with Crippen LogP contribution in [-0.2, 0) is 4.79 Å². The molecule has 0 aliphatic carbocycles. The van der Waals surface area contributed by atoms with Crippen molar-refractivity contribution >= 4 is 34.8 Å². The molecule has 3 nitrogen and oxygen atoms in total. The third kappa shape index (κ3) is 5.15. The summed E-state index contributed by atoms with van der Waals surface area (Å²) in [6.07, 6.45) is 4.18. The van der Waals surface area contributed by atoms with Gasteiger partial charge in [0, 0.05) is 31.2 Å². The largest absolute Gasteiger partial charge is 0.342 e. The van der Waals surface area contributed by atoms with Gasteiger partial charge in [0.15, 0.2) is 5.78 Å². The van der Waals surface area contributed by atoms with Crippen LogP contribution in [0.25, 0.3) is 0 Å². The first-order chi connectivity index (χ1) is 10.2. The van der Waals surface area contributed by atoms with E-state index in [9.17, 15) is 9.59 Å². The molecule has 0 aromatic carbocycles. The van der Waals surface area contributed by atoms with E-state index in [4.69, 9.17) is 0 Å². The van der Waals surface area contributed by atoms with Crippen molar-refractivity contribution in [2.75, 3.05) is 18.8 Å². The molecule has 1 aliphatic rings. The van der Waals surface area contributed by atoms with Crippen LogP contribution < -0.4 is 0 Å². The van der Waals surface area contributed by atoms with Crippen molar-refractivity contribution in [2.45, 2.75) is 44.3 Å². The molecule has 0 saturated carbocycles. The Morgan fingerprint density at radius 1 is 1.38 bits per heavy atom. The number of thioether (sulfide) groups is 1. The quantitative estimate of drug-likeness (QED) is 0.746. The molecule has 1 saturated heterocycles. The van der Waals surface area contributed by atoms with Crippen LogP contribution in [0.2, 0.25) is 0 Å². The van der Waals surface area contributed by atoms with Crippen LogP contribution in [0, 0.1) is 0 Å². The van der Waals surface area contributed by atoms with Crippen molar-refractivity contribution in [3.8, 4) is 0 Å². The predicted molar refractivity (Wildman–Crippen MR) is 90.2 cm³/mol. The van der Waals surface area contributed by atoms with Gasteiger partial charge in [-0.05, 0) is 30.0 Å². The average Bonchev–Trinajstić information content (AvgIpc) is 2.92. The van der Waals surface area contributed by atoms with Crippen LogP contribution in [0.5, 0.6) is 0 Å². The third-order valence-corrected chi connectivity index (χ3v) is 5.85. The fraction of sp³-hybridized carbons (Fsp3) is 0.625. The maximum absolute atomic E-state index is 12.3. The summed E-state index contributed by atoms with van der Waals surface area (Å²) in [5, 5.41) is 2.46. The number of amides is 1. The minimum atomic E-state index is 0.0904. The van der Waals surface area contributed by atoms with Crippen molar-refractivity contribution < 1.29 is 9.59 Å². The van der Waals surface area contributed by atoms with Crippen LogP contribution in [0.15, 0.2) is 17.5 Å². The molecule has 0 spiro atoms. The van der Waals surface area contributed by atoms with Gasteiger partial charge < -0.3 is 4.90 Å². The lowest BCUT2D eigenvalue weighted by atomic mass is 10.1. The van der Waals surface area contributed by atoms with Gasteiger partial charge in [0.25, 0.3) is 0 Å². The molecule has 1 atom stereocenters. The van der Waals surface area contributed by atoms with Crippen LogP contribution in [0.1, 0.15) is 48.7 Å². The standard InChI is InChI=1S/C16H23NO2S2/c1-2-20-13-6-3-4-10-17(12-13)16(19)9-8-14(18)15-7-5-11-21-15/h5,7,11,13H,2-4,6,8-10,12H2,1H3. The highest BCUT2D eigenvalue weighted by molar-refractivity contribution is 7.99. The molecular formula is C16H23NO2S2. The van der Waals surface area contributed by atoms with E-state index in [-0.39, 0.29) is 11.7 Å². The monoisotopic (exact) mass is 325 g/mol. The highest BCUT2D eigenvalue weighted by Crippen LogP contribution is 2.22. The average molecular weight is 325 g/mol. The van der Waals surface area contributed by atoms with Crippen LogP contribution >= 0.6 is 23.1 Å². The molecule has 1 amide bonds. The summed E-state index contributed by atoms with van der Waals surface area (Å²) < 4.78 is 0. The Morgan fingerprint density at radius 3 is 2.95 bits per heavy atom. The number of Topliss-reactive ketones (excluding diaryl/α,β-unsaturated/α-hetero) is 1. The summed E-state index contributed by atoms with van der Waals surface area (Å²) in [5.74, 6) is 1.33. The molecule has 1 aliphatic heterocycles. The van der Waals surface area contributed by atoms with Crippen molar-refractivity contribution in [2.24, 2.45) is 0 Å². The van der Waals surface area contributed by atoms with E-state index in [1.165, 1.54) is 24.2 Å². The summed E-state index contributed by atoms with van der Waals surface area (Å²) in [5.41, 5.74) is 0.